The lowest BCUT2D eigenvalue weighted by Crippen LogP contribution is -2.46. The largest absolute Gasteiger partial charge is 0.467 e. The number of morpholine rings is 1. The summed E-state index contributed by atoms with van der Waals surface area (Å²) in [5, 5.41) is 12.3. The highest BCUT2D eigenvalue weighted by molar-refractivity contribution is 6.02. The van der Waals surface area contributed by atoms with Gasteiger partial charge in [-0.3, -0.25) is 14.0 Å². The fraction of sp³-hybridized carbons (Fsp3) is 0.333. The smallest absolute Gasteiger partial charge is 0.267 e. The summed E-state index contributed by atoms with van der Waals surface area (Å²) in [6.45, 7) is 7.00. The van der Waals surface area contributed by atoms with Gasteiger partial charge in [-0.25, -0.2) is 4.98 Å². The Morgan fingerprint density at radius 3 is 2.73 bits per heavy atom. The van der Waals surface area contributed by atoms with Crippen LogP contribution >= 0.6 is 0 Å². The van der Waals surface area contributed by atoms with Crippen LogP contribution in [0.5, 0.6) is 0 Å². The number of pyridine rings is 1. The third kappa shape index (κ3) is 4.66. The zero-order valence-corrected chi connectivity index (χ0v) is 18.7. The maximum atomic E-state index is 13.5. The molecule has 4 heterocycles. The predicted molar refractivity (Wildman–Crippen MR) is 123 cm³/mol. The molecule has 1 N–H and O–H groups in total. The molecule has 0 unspecified atom stereocenters. The minimum Gasteiger partial charge on any atom is -0.467 e. The number of ether oxygens (including phenoxy) is 1. The van der Waals surface area contributed by atoms with E-state index in [1.54, 1.807) is 24.4 Å². The quantitative estimate of drug-likeness (QED) is 0.472. The number of carbonyl (C=O) groups excluding carboxylic acids is 1. The highest BCUT2D eigenvalue weighted by Gasteiger charge is 2.27. The van der Waals surface area contributed by atoms with Crippen molar-refractivity contribution in [2.75, 3.05) is 18.0 Å². The number of carbonyl (C=O) groups is 1. The Morgan fingerprint density at radius 2 is 2.06 bits per heavy atom. The summed E-state index contributed by atoms with van der Waals surface area (Å²) in [6, 6.07) is 8.99. The van der Waals surface area contributed by atoms with Crippen molar-refractivity contribution >= 4 is 23.4 Å². The summed E-state index contributed by atoms with van der Waals surface area (Å²) in [5.74, 6) is 0.390. The lowest BCUT2D eigenvalue weighted by Gasteiger charge is -2.36. The standard InChI is InChI=1S/C24H25N5O4/c1-15-6-4-8-29-21(15)27-22(28-13-16(2)33-17(3)14-28)20(24(29)31)10-18(11-25)23(30)26-12-19-7-5-9-32-19/h4-10,16-17H,12-14H2,1-3H3,(H,26,30)/b18-10+/t16-,17-/m1/s1. The second-order valence-electron chi connectivity index (χ2n) is 8.13. The van der Waals surface area contributed by atoms with Crippen molar-refractivity contribution < 1.29 is 13.9 Å². The molecule has 0 radical (unpaired) electrons. The van der Waals surface area contributed by atoms with Gasteiger partial charge in [-0.1, -0.05) is 6.07 Å². The van der Waals surface area contributed by atoms with Crippen molar-refractivity contribution in [3.8, 4) is 6.07 Å². The van der Waals surface area contributed by atoms with Gasteiger partial charge in [-0.2, -0.15) is 5.26 Å². The molecule has 0 aliphatic carbocycles. The van der Waals surface area contributed by atoms with Crippen LogP contribution in [0.2, 0.25) is 0 Å². The van der Waals surface area contributed by atoms with E-state index in [0.29, 0.717) is 30.3 Å². The highest BCUT2D eigenvalue weighted by Crippen LogP contribution is 2.24. The van der Waals surface area contributed by atoms with Gasteiger partial charge in [0.05, 0.1) is 30.6 Å². The van der Waals surface area contributed by atoms with E-state index in [4.69, 9.17) is 14.1 Å². The van der Waals surface area contributed by atoms with Gasteiger partial charge < -0.3 is 19.4 Å². The van der Waals surface area contributed by atoms with E-state index in [0.717, 1.165) is 5.56 Å². The summed E-state index contributed by atoms with van der Waals surface area (Å²) in [7, 11) is 0. The van der Waals surface area contributed by atoms with E-state index in [-0.39, 0.29) is 35.4 Å². The fourth-order valence-corrected chi connectivity index (χ4v) is 3.99. The number of anilines is 1. The molecule has 2 atom stereocenters. The van der Waals surface area contributed by atoms with Gasteiger partial charge in [-0.05, 0) is 50.6 Å². The number of amides is 1. The summed E-state index contributed by atoms with van der Waals surface area (Å²) in [5.41, 5.74) is 1.02. The number of aryl methyl sites for hydroxylation is 1. The molecule has 170 valence electrons. The molecule has 1 aliphatic heterocycles. The second-order valence-corrected chi connectivity index (χ2v) is 8.13. The lowest BCUT2D eigenvalue weighted by atomic mass is 10.1. The van der Waals surface area contributed by atoms with E-state index >= 15 is 0 Å². The topological polar surface area (TPSA) is 113 Å². The molecule has 0 bridgehead atoms. The van der Waals surface area contributed by atoms with Crippen LogP contribution < -0.4 is 15.8 Å². The number of nitrogens with one attached hydrogen (secondary N) is 1. The van der Waals surface area contributed by atoms with Crippen LogP contribution in [0, 0.1) is 18.3 Å². The van der Waals surface area contributed by atoms with Crippen LogP contribution in [0.25, 0.3) is 11.7 Å². The molecule has 1 amide bonds. The summed E-state index contributed by atoms with van der Waals surface area (Å²) < 4.78 is 12.5. The van der Waals surface area contributed by atoms with Crippen LogP contribution in [0.4, 0.5) is 5.82 Å². The molecule has 3 aromatic rings. The number of furan rings is 1. The molecule has 4 rings (SSSR count). The molecule has 3 aromatic heterocycles. The maximum absolute atomic E-state index is 13.5. The van der Waals surface area contributed by atoms with Crippen LogP contribution in [-0.4, -0.2) is 40.6 Å². The van der Waals surface area contributed by atoms with Crippen molar-refractivity contribution in [2.45, 2.75) is 39.5 Å². The molecule has 9 nitrogen and oxygen atoms in total. The maximum Gasteiger partial charge on any atom is 0.267 e. The van der Waals surface area contributed by atoms with Gasteiger partial charge in [0.2, 0.25) is 0 Å². The molecule has 33 heavy (non-hydrogen) atoms. The lowest BCUT2D eigenvalue weighted by molar-refractivity contribution is -0.117. The van der Waals surface area contributed by atoms with E-state index < -0.39 is 5.91 Å². The van der Waals surface area contributed by atoms with Crippen molar-refractivity contribution in [3.05, 3.63) is 69.5 Å². The van der Waals surface area contributed by atoms with Gasteiger partial charge in [0.25, 0.3) is 11.5 Å². The van der Waals surface area contributed by atoms with E-state index in [1.807, 2.05) is 37.8 Å². The number of hydrogen-bond donors (Lipinski definition) is 1. The third-order valence-corrected chi connectivity index (χ3v) is 5.44. The Kier molecular flexibility index (Phi) is 6.29. The molecule has 1 aliphatic rings. The minimum atomic E-state index is -0.600. The van der Waals surface area contributed by atoms with Gasteiger partial charge >= 0.3 is 0 Å². The average Bonchev–Trinajstić information content (AvgIpc) is 3.30. The number of fused-ring (bicyclic) bond motifs is 1. The van der Waals surface area contributed by atoms with E-state index in [2.05, 4.69) is 5.32 Å². The average molecular weight is 447 g/mol. The van der Waals surface area contributed by atoms with Crippen LogP contribution in [0.1, 0.15) is 30.7 Å². The summed E-state index contributed by atoms with van der Waals surface area (Å²) >= 11 is 0. The minimum absolute atomic E-state index is 0.0604. The summed E-state index contributed by atoms with van der Waals surface area (Å²) in [4.78, 5) is 33.0. The normalized spacial score (nSPS) is 18.8. The molecule has 1 fully saturated rings. The van der Waals surface area contributed by atoms with Crippen LogP contribution in [0.3, 0.4) is 0 Å². The first-order valence-corrected chi connectivity index (χ1v) is 10.7. The van der Waals surface area contributed by atoms with Crippen molar-refractivity contribution in [2.24, 2.45) is 0 Å². The van der Waals surface area contributed by atoms with Crippen molar-refractivity contribution in [1.29, 1.82) is 5.26 Å². The number of rotatable bonds is 5. The monoisotopic (exact) mass is 447 g/mol. The molecule has 0 spiro atoms. The summed E-state index contributed by atoms with van der Waals surface area (Å²) in [6.07, 6.45) is 4.33. The van der Waals surface area contributed by atoms with Crippen LogP contribution in [-0.2, 0) is 16.1 Å². The Balaban J connectivity index is 1.80. The first kappa shape index (κ1) is 22.3. The number of nitrogens with zero attached hydrogens (tertiary/aromatic N) is 4. The molecular formula is C24H25N5O4. The van der Waals surface area contributed by atoms with Crippen LogP contribution in [0.15, 0.2) is 51.5 Å². The number of hydrogen-bond acceptors (Lipinski definition) is 7. The Labute approximate surface area is 190 Å². The molecule has 9 heteroatoms. The van der Waals surface area contributed by atoms with E-state index in [9.17, 15) is 14.9 Å². The molecular weight excluding hydrogens is 422 g/mol. The second kappa shape index (κ2) is 9.30. The molecule has 0 saturated carbocycles. The van der Waals surface area contributed by atoms with Gasteiger partial charge in [0.15, 0.2) is 0 Å². The van der Waals surface area contributed by atoms with E-state index in [1.165, 1.54) is 16.7 Å². The zero-order valence-electron chi connectivity index (χ0n) is 18.7. The fourth-order valence-electron chi connectivity index (χ4n) is 3.99. The Hall–Kier alpha value is -3.90. The van der Waals surface area contributed by atoms with Crippen molar-refractivity contribution in [1.82, 2.24) is 14.7 Å². The van der Waals surface area contributed by atoms with Gasteiger partial charge in [-0.15, -0.1) is 0 Å². The van der Waals surface area contributed by atoms with Crippen molar-refractivity contribution in [3.63, 3.8) is 0 Å². The SMILES string of the molecule is Cc1cccn2c(=O)c(/C=C(\C#N)C(=O)NCc3ccco3)c(N3C[C@@H](C)O[C@H](C)C3)nc12. The zero-order chi connectivity index (χ0) is 23.5. The number of nitriles is 1. The van der Waals surface area contributed by atoms with Gasteiger partial charge in [0.1, 0.15) is 28.9 Å². The highest BCUT2D eigenvalue weighted by atomic mass is 16.5. The molecule has 0 aromatic carbocycles. The Bertz CT molecular complexity index is 1290. The number of aromatic nitrogens is 2. The molecule has 1 saturated heterocycles. The first-order chi connectivity index (χ1) is 15.9. The Morgan fingerprint density at radius 1 is 1.30 bits per heavy atom. The third-order valence-electron chi connectivity index (χ3n) is 5.44. The first-order valence-electron chi connectivity index (χ1n) is 10.7. The predicted octanol–water partition coefficient (Wildman–Crippen LogP) is 2.43. The van der Waals surface area contributed by atoms with Gasteiger partial charge in [0, 0.05) is 19.3 Å².